The van der Waals surface area contributed by atoms with Gasteiger partial charge >= 0.3 is 0 Å². The molecule has 1 saturated carbocycles. The van der Waals surface area contributed by atoms with Gasteiger partial charge in [-0.05, 0) is 55.3 Å². The van der Waals surface area contributed by atoms with Crippen LogP contribution in [0.2, 0.25) is 0 Å². The minimum atomic E-state index is 0.0708. The number of methoxy groups -OCH3 is 1. The van der Waals surface area contributed by atoms with Crippen LogP contribution in [0.4, 0.5) is 0 Å². The fourth-order valence-electron chi connectivity index (χ4n) is 4.00. The zero-order chi connectivity index (χ0) is 19.3. The standard InChI is InChI=1S/C22H28N2O3S/c1-26-21-15-17(8-9-20(21)27-18-5-2-3-6-18)22(25)24-12-10-23(11-13-24)16-19-7-4-14-28-19/h4,7-9,14-15,18H,2-3,5-6,10-13,16H2,1H3. The van der Waals surface area contributed by atoms with Crippen LogP contribution >= 0.6 is 11.3 Å². The molecule has 2 aromatic rings. The monoisotopic (exact) mass is 400 g/mol. The van der Waals surface area contributed by atoms with Gasteiger partial charge in [0.15, 0.2) is 11.5 Å². The van der Waals surface area contributed by atoms with Crippen molar-refractivity contribution in [2.45, 2.75) is 38.3 Å². The van der Waals surface area contributed by atoms with E-state index in [1.807, 2.05) is 23.1 Å². The van der Waals surface area contributed by atoms with Crippen LogP contribution < -0.4 is 9.47 Å². The van der Waals surface area contributed by atoms with Crippen LogP contribution in [-0.2, 0) is 6.54 Å². The molecule has 1 aromatic heterocycles. The number of hydrogen-bond donors (Lipinski definition) is 0. The van der Waals surface area contributed by atoms with Crippen molar-refractivity contribution in [3.63, 3.8) is 0 Å². The summed E-state index contributed by atoms with van der Waals surface area (Å²) in [6.45, 7) is 4.30. The smallest absolute Gasteiger partial charge is 0.254 e. The second-order valence-corrected chi connectivity index (χ2v) is 8.57. The van der Waals surface area contributed by atoms with E-state index in [1.165, 1.54) is 17.7 Å². The third-order valence-corrected chi connectivity index (χ3v) is 6.49. The van der Waals surface area contributed by atoms with E-state index in [9.17, 15) is 4.79 Å². The minimum absolute atomic E-state index is 0.0708. The Morgan fingerprint density at radius 2 is 1.89 bits per heavy atom. The molecule has 0 unspecified atom stereocenters. The first-order valence-electron chi connectivity index (χ1n) is 10.1. The van der Waals surface area contributed by atoms with Gasteiger partial charge in [0.2, 0.25) is 0 Å². The number of ether oxygens (including phenoxy) is 2. The highest BCUT2D eigenvalue weighted by Gasteiger charge is 2.24. The Kier molecular flexibility index (Phi) is 6.17. The molecule has 1 aromatic carbocycles. The maximum Gasteiger partial charge on any atom is 0.254 e. The number of rotatable bonds is 6. The lowest BCUT2D eigenvalue weighted by atomic mass is 10.1. The van der Waals surface area contributed by atoms with Crippen molar-refractivity contribution in [3.05, 3.63) is 46.2 Å². The van der Waals surface area contributed by atoms with Gasteiger partial charge in [0.25, 0.3) is 5.91 Å². The summed E-state index contributed by atoms with van der Waals surface area (Å²) in [6.07, 6.45) is 4.91. The minimum Gasteiger partial charge on any atom is -0.493 e. The lowest BCUT2D eigenvalue weighted by Gasteiger charge is -2.34. The second-order valence-electron chi connectivity index (χ2n) is 7.54. The lowest BCUT2D eigenvalue weighted by Crippen LogP contribution is -2.48. The van der Waals surface area contributed by atoms with Crippen LogP contribution in [-0.4, -0.2) is 55.1 Å². The summed E-state index contributed by atoms with van der Waals surface area (Å²) in [5.41, 5.74) is 0.669. The molecule has 1 aliphatic heterocycles. The molecule has 4 rings (SSSR count). The van der Waals surface area contributed by atoms with Crippen molar-refractivity contribution < 1.29 is 14.3 Å². The van der Waals surface area contributed by atoms with E-state index in [4.69, 9.17) is 9.47 Å². The van der Waals surface area contributed by atoms with Gasteiger partial charge in [0, 0.05) is 43.2 Å². The van der Waals surface area contributed by atoms with Gasteiger partial charge < -0.3 is 14.4 Å². The molecule has 1 aliphatic carbocycles. The predicted octanol–water partition coefficient (Wildman–Crippen LogP) is 4.04. The number of amides is 1. The number of nitrogens with zero attached hydrogens (tertiary/aromatic N) is 2. The molecule has 2 fully saturated rings. The van der Waals surface area contributed by atoms with Crippen LogP contribution in [0, 0.1) is 0 Å². The quantitative estimate of drug-likeness (QED) is 0.734. The Morgan fingerprint density at radius 3 is 2.57 bits per heavy atom. The Hall–Kier alpha value is -2.05. The first kappa shape index (κ1) is 19.3. The summed E-state index contributed by atoms with van der Waals surface area (Å²) in [4.78, 5) is 18.7. The first-order chi connectivity index (χ1) is 13.7. The largest absolute Gasteiger partial charge is 0.493 e. The first-order valence-corrected chi connectivity index (χ1v) is 11.0. The summed E-state index contributed by atoms with van der Waals surface area (Å²) in [5, 5.41) is 2.11. The third-order valence-electron chi connectivity index (χ3n) is 5.63. The van der Waals surface area contributed by atoms with E-state index in [-0.39, 0.29) is 12.0 Å². The second kappa shape index (κ2) is 8.97. The molecule has 0 radical (unpaired) electrons. The number of benzene rings is 1. The average Bonchev–Trinajstić information content (AvgIpc) is 3.43. The van der Waals surface area contributed by atoms with Gasteiger partial charge in [-0.15, -0.1) is 11.3 Å². The molecule has 6 heteroatoms. The summed E-state index contributed by atoms with van der Waals surface area (Å²) in [7, 11) is 1.63. The Morgan fingerprint density at radius 1 is 1.11 bits per heavy atom. The van der Waals surface area contributed by atoms with Crippen molar-refractivity contribution in [2.24, 2.45) is 0 Å². The van der Waals surface area contributed by atoms with Crippen molar-refractivity contribution in [3.8, 4) is 11.5 Å². The van der Waals surface area contributed by atoms with Crippen LogP contribution in [0.15, 0.2) is 35.7 Å². The van der Waals surface area contributed by atoms with E-state index < -0.39 is 0 Å². The van der Waals surface area contributed by atoms with Gasteiger partial charge in [-0.3, -0.25) is 9.69 Å². The SMILES string of the molecule is COc1cc(C(=O)N2CCN(Cc3cccs3)CC2)ccc1OC1CCCC1. The molecule has 0 atom stereocenters. The van der Waals surface area contributed by atoms with Gasteiger partial charge in [0.1, 0.15) is 0 Å². The number of hydrogen-bond acceptors (Lipinski definition) is 5. The summed E-state index contributed by atoms with van der Waals surface area (Å²) >= 11 is 1.79. The molecule has 2 heterocycles. The fourth-order valence-corrected chi connectivity index (χ4v) is 4.74. The molecule has 1 saturated heterocycles. The van der Waals surface area contributed by atoms with E-state index >= 15 is 0 Å². The number of carbonyl (C=O) groups is 1. The normalized spacial score (nSPS) is 18.4. The van der Waals surface area contributed by atoms with Gasteiger partial charge in [-0.25, -0.2) is 0 Å². The Labute approximate surface area is 170 Å². The Balaban J connectivity index is 1.36. The van der Waals surface area contributed by atoms with E-state index in [0.717, 1.165) is 51.3 Å². The molecule has 0 spiro atoms. The summed E-state index contributed by atoms with van der Waals surface area (Å²) < 4.78 is 11.6. The number of piperazine rings is 1. The molecular formula is C22H28N2O3S. The molecule has 0 N–H and O–H groups in total. The molecular weight excluding hydrogens is 372 g/mol. The third kappa shape index (κ3) is 4.50. The summed E-state index contributed by atoms with van der Waals surface area (Å²) in [6, 6.07) is 9.84. The highest BCUT2D eigenvalue weighted by atomic mass is 32.1. The molecule has 1 amide bonds. The maximum absolute atomic E-state index is 13.0. The predicted molar refractivity (Wildman–Crippen MR) is 111 cm³/mol. The summed E-state index contributed by atoms with van der Waals surface area (Å²) in [5.74, 6) is 1.46. The van der Waals surface area contributed by atoms with Crippen LogP contribution in [0.1, 0.15) is 40.9 Å². The zero-order valence-electron chi connectivity index (χ0n) is 16.4. The van der Waals surface area contributed by atoms with Gasteiger partial charge in [-0.1, -0.05) is 6.07 Å². The van der Waals surface area contributed by atoms with E-state index in [0.29, 0.717) is 11.3 Å². The zero-order valence-corrected chi connectivity index (χ0v) is 17.2. The Bertz CT molecular complexity index is 779. The molecule has 0 bridgehead atoms. The molecule has 150 valence electrons. The van der Waals surface area contributed by atoms with Crippen LogP contribution in [0.25, 0.3) is 0 Å². The van der Waals surface area contributed by atoms with Crippen molar-refractivity contribution in [1.29, 1.82) is 0 Å². The van der Waals surface area contributed by atoms with E-state index in [1.54, 1.807) is 18.4 Å². The number of carbonyl (C=O) groups excluding carboxylic acids is 1. The van der Waals surface area contributed by atoms with Crippen molar-refractivity contribution >= 4 is 17.2 Å². The average molecular weight is 401 g/mol. The number of thiophene rings is 1. The fraction of sp³-hybridized carbons (Fsp3) is 0.500. The highest BCUT2D eigenvalue weighted by molar-refractivity contribution is 7.09. The van der Waals surface area contributed by atoms with Crippen LogP contribution in [0.5, 0.6) is 11.5 Å². The van der Waals surface area contributed by atoms with Crippen LogP contribution in [0.3, 0.4) is 0 Å². The van der Waals surface area contributed by atoms with Gasteiger partial charge in [-0.2, -0.15) is 0 Å². The molecule has 5 nitrogen and oxygen atoms in total. The van der Waals surface area contributed by atoms with Crippen molar-refractivity contribution in [1.82, 2.24) is 9.80 Å². The van der Waals surface area contributed by atoms with Crippen molar-refractivity contribution in [2.75, 3.05) is 33.3 Å². The van der Waals surface area contributed by atoms with E-state index in [2.05, 4.69) is 22.4 Å². The molecule has 28 heavy (non-hydrogen) atoms. The maximum atomic E-state index is 13.0. The molecule has 2 aliphatic rings. The van der Waals surface area contributed by atoms with Gasteiger partial charge in [0.05, 0.1) is 13.2 Å². The highest BCUT2D eigenvalue weighted by Crippen LogP contribution is 2.32. The topological polar surface area (TPSA) is 42.0 Å². The lowest BCUT2D eigenvalue weighted by molar-refractivity contribution is 0.0629.